The van der Waals surface area contributed by atoms with Crippen molar-refractivity contribution in [2.24, 2.45) is 11.1 Å². The molecule has 0 aliphatic heterocycles. The van der Waals surface area contributed by atoms with E-state index >= 15 is 0 Å². The topological polar surface area (TPSA) is 168 Å². The van der Waals surface area contributed by atoms with E-state index in [0.29, 0.717) is 5.69 Å². The maximum absolute atomic E-state index is 11.7. The van der Waals surface area contributed by atoms with Crippen LogP contribution in [-0.2, 0) is 25.3 Å². The summed E-state index contributed by atoms with van der Waals surface area (Å²) in [5.41, 5.74) is 4.39. The number of nitrogens with zero attached hydrogens (tertiary/aromatic N) is 2. The van der Waals surface area contributed by atoms with Gasteiger partial charge in [0.15, 0.2) is 5.69 Å². The van der Waals surface area contributed by atoms with Crippen molar-refractivity contribution in [2.75, 3.05) is 13.7 Å². The number of nitrogens with two attached hydrogens (primary N) is 1. The molecule has 0 aromatic carbocycles. The molecule has 0 saturated carbocycles. The summed E-state index contributed by atoms with van der Waals surface area (Å²) in [7, 11) is 1.24. The van der Waals surface area contributed by atoms with Crippen molar-refractivity contribution in [1.29, 1.82) is 0 Å². The first-order valence-electron chi connectivity index (χ1n) is 5.84. The first-order chi connectivity index (χ1) is 11.5. The monoisotopic (exact) mass is 392 g/mol. The van der Waals surface area contributed by atoms with E-state index in [-0.39, 0.29) is 35.7 Å². The summed E-state index contributed by atoms with van der Waals surface area (Å²) in [5.74, 6) is 1.12. The van der Waals surface area contributed by atoms with E-state index < -0.39 is 17.8 Å². The number of terminal acetylenes is 1. The molecule has 0 spiro atoms. The van der Waals surface area contributed by atoms with Gasteiger partial charge in [0, 0.05) is 11.6 Å². The Balaban J connectivity index is -0.0000000795. The maximum Gasteiger partial charge on any atom is 1.00 e. The normalized spacial score (nSPS) is 7.46. The van der Waals surface area contributed by atoms with E-state index in [1.807, 2.05) is 6.92 Å². The van der Waals surface area contributed by atoms with Crippen LogP contribution in [0.25, 0.3) is 0 Å². The Morgan fingerprint density at radius 2 is 1.85 bits per heavy atom. The second kappa shape index (κ2) is 25.0. The Labute approximate surface area is 168 Å². The molecule has 0 amide bonds. The van der Waals surface area contributed by atoms with Crippen LogP contribution >= 0.6 is 0 Å². The van der Waals surface area contributed by atoms with E-state index in [0.717, 1.165) is 18.0 Å². The molecule has 0 aliphatic carbocycles. The van der Waals surface area contributed by atoms with E-state index in [9.17, 15) is 18.0 Å². The SMILES string of the molecule is C#CC(=O)OC.CCN.Cc1cc(C(F)(F)F)n[nH]1.O=C=O.O=N[O-].[Na+]. The molecule has 1 aromatic rings. The largest absolute Gasteiger partial charge is 1.00 e. The molecular weight excluding hydrogens is 376 g/mol. The van der Waals surface area contributed by atoms with Crippen LogP contribution < -0.4 is 35.3 Å². The maximum atomic E-state index is 11.7. The summed E-state index contributed by atoms with van der Waals surface area (Å²) < 4.78 is 39.2. The third kappa shape index (κ3) is 33.4. The van der Waals surface area contributed by atoms with Gasteiger partial charge in [-0.05, 0) is 19.5 Å². The van der Waals surface area contributed by atoms with Crippen LogP contribution in [0.2, 0.25) is 0 Å². The zero-order valence-electron chi connectivity index (χ0n) is 14.4. The molecule has 0 bridgehead atoms. The minimum absolute atomic E-state index is 0. The Kier molecular flexibility index (Phi) is 33.7. The van der Waals surface area contributed by atoms with Crippen molar-refractivity contribution in [3.8, 4) is 12.3 Å². The van der Waals surface area contributed by atoms with Gasteiger partial charge in [-0.25, -0.2) is 4.79 Å². The van der Waals surface area contributed by atoms with Crippen molar-refractivity contribution < 1.29 is 61.8 Å². The van der Waals surface area contributed by atoms with Crippen molar-refractivity contribution >= 4 is 12.1 Å². The molecule has 0 aliphatic rings. The molecule has 0 unspecified atom stereocenters. The van der Waals surface area contributed by atoms with Gasteiger partial charge in [-0.2, -0.15) is 27.9 Å². The molecule has 10 nitrogen and oxygen atoms in total. The summed E-state index contributed by atoms with van der Waals surface area (Å²) in [6.45, 7) is 4.17. The van der Waals surface area contributed by atoms with Crippen molar-refractivity contribution in [2.45, 2.75) is 20.0 Å². The number of H-pyrrole nitrogens is 1. The number of rotatable bonds is 0. The molecule has 142 valence electrons. The van der Waals surface area contributed by atoms with Crippen LogP contribution in [0.1, 0.15) is 18.3 Å². The summed E-state index contributed by atoms with van der Waals surface area (Å²) >= 11 is 0. The van der Waals surface area contributed by atoms with Gasteiger partial charge in [-0.3, -0.25) is 5.10 Å². The number of carbonyl (C=O) groups is 1. The van der Waals surface area contributed by atoms with Gasteiger partial charge in [-0.15, -0.1) is 11.8 Å². The Bertz CT molecular complexity index is 540. The first-order valence-corrected chi connectivity index (χ1v) is 5.84. The van der Waals surface area contributed by atoms with E-state index in [4.69, 9.17) is 25.4 Å². The minimum Gasteiger partial charge on any atom is -0.459 e. The number of hydrogen-bond donors (Lipinski definition) is 2. The van der Waals surface area contributed by atoms with Crippen molar-refractivity contribution in [3.05, 3.63) is 27.6 Å². The molecule has 26 heavy (non-hydrogen) atoms. The van der Waals surface area contributed by atoms with E-state index in [1.165, 1.54) is 14.0 Å². The number of halogens is 3. The molecule has 0 saturated heterocycles. The zero-order chi connectivity index (χ0) is 20.9. The number of esters is 1. The fraction of sp³-hybridized carbons (Fsp3) is 0.417. The fourth-order valence-electron chi connectivity index (χ4n) is 0.622. The van der Waals surface area contributed by atoms with Gasteiger partial charge >= 0.3 is 47.9 Å². The van der Waals surface area contributed by atoms with Crippen LogP contribution in [0, 0.1) is 29.4 Å². The number of aromatic nitrogens is 2. The average molecular weight is 392 g/mol. The zero-order valence-corrected chi connectivity index (χ0v) is 16.4. The Morgan fingerprint density at radius 1 is 1.50 bits per heavy atom. The quantitative estimate of drug-likeness (QED) is 0.130. The number of hydrogen-bond acceptors (Lipinski definition) is 9. The molecule has 1 heterocycles. The van der Waals surface area contributed by atoms with E-state index in [1.54, 1.807) is 5.92 Å². The number of alkyl halides is 3. The number of aryl methyl sites for hydroxylation is 1. The first kappa shape index (κ1) is 35.0. The summed E-state index contributed by atoms with van der Waals surface area (Å²) in [5, 5.41) is 14.2. The third-order valence-corrected chi connectivity index (χ3v) is 1.30. The second-order valence-corrected chi connectivity index (χ2v) is 3.14. The second-order valence-electron chi connectivity index (χ2n) is 3.14. The third-order valence-electron chi connectivity index (χ3n) is 1.30. The van der Waals surface area contributed by atoms with Crippen molar-refractivity contribution in [3.63, 3.8) is 0 Å². The number of ether oxygens (including phenoxy) is 1. The predicted octanol–water partition coefficient (Wildman–Crippen LogP) is -1.83. The van der Waals surface area contributed by atoms with Crippen LogP contribution in [0.15, 0.2) is 11.4 Å². The molecule has 1 rings (SSSR count). The van der Waals surface area contributed by atoms with Gasteiger partial charge in [0.25, 0.3) is 0 Å². The van der Waals surface area contributed by atoms with Crippen LogP contribution in [0.3, 0.4) is 0 Å². The summed E-state index contributed by atoms with van der Waals surface area (Å²) in [4.78, 5) is 34.0. The van der Waals surface area contributed by atoms with Gasteiger partial charge in [0.05, 0.1) is 7.11 Å². The fourth-order valence-corrected chi connectivity index (χ4v) is 0.622. The standard InChI is InChI=1S/C5H5F3N2.C4H4O2.C2H7N.CO2.HNO2.Na/c1-3-2-4(10-9-3)5(6,7)8;1-3-4(5)6-2;1-2-3;2*2-1-3;/h2H,1H3,(H,9,10);1H,2H3;2-3H2,1H3;;(H,2,3);/q;;;;;+1/p-1. The molecule has 0 fully saturated rings. The molecule has 3 N–H and O–H groups in total. The van der Waals surface area contributed by atoms with Crippen LogP contribution in [-0.4, -0.2) is 36.0 Å². The average Bonchev–Trinajstić information content (AvgIpc) is 2.96. The predicted molar refractivity (Wildman–Crippen MR) is 78.1 cm³/mol. The number of aromatic amines is 1. The number of nitrogens with one attached hydrogen (secondary N) is 1. The minimum atomic E-state index is -4.33. The molecular formula is C12H16F3N4NaO6. The number of carbonyl (C=O) groups excluding carboxylic acids is 3. The van der Waals surface area contributed by atoms with Crippen LogP contribution in [0.5, 0.6) is 0 Å². The van der Waals surface area contributed by atoms with Gasteiger partial charge in [0.2, 0.25) is 0 Å². The molecule has 0 radical (unpaired) electrons. The number of methoxy groups -OCH3 is 1. The smallest absolute Gasteiger partial charge is 0.459 e. The van der Waals surface area contributed by atoms with Crippen molar-refractivity contribution in [1.82, 2.24) is 10.2 Å². The summed E-state index contributed by atoms with van der Waals surface area (Å²) in [6.07, 6.45) is 0.479. The van der Waals surface area contributed by atoms with Gasteiger partial charge in [-0.1, -0.05) is 6.92 Å². The summed E-state index contributed by atoms with van der Waals surface area (Å²) in [6, 6.07) is 0.958. The molecule has 1 aromatic heterocycles. The van der Waals surface area contributed by atoms with Gasteiger partial charge in [0.1, 0.15) is 0 Å². The van der Waals surface area contributed by atoms with Gasteiger partial charge < -0.3 is 20.6 Å². The molecule has 14 heteroatoms. The molecule has 0 atom stereocenters. The Morgan fingerprint density at radius 3 is 1.92 bits per heavy atom. The Hall–Kier alpha value is -2.23. The van der Waals surface area contributed by atoms with Crippen LogP contribution in [0.4, 0.5) is 13.2 Å². The van der Waals surface area contributed by atoms with E-state index in [2.05, 4.69) is 21.4 Å².